The zero-order valence-electron chi connectivity index (χ0n) is 21.5. The lowest BCUT2D eigenvalue weighted by Gasteiger charge is -2.37. The van der Waals surface area contributed by atoms with E-state index in [-0.39, 0.29) is 5.75 Å². The van der Waals surface area contributed by atoms with Gasteiger partial charge in [-0.05, 0) is 83.3 Å². The number of phenolic OH excluding ortho intramolecular Hbond substituents is 1. The van der Waals surface area contributed by atoms with Crippen molar-refractivity contribution < 1.29 is 18.3 Å². The summed E-state index contributed by atoms with van der Waals surface area (Å²) in [5.74, 6) is 0.233. The summed E-state index contributed by atoms with van der Waals surface area (Å²) < 4.78 is 39.0. The Bertz CT molecular complexity index is 1460. The number of hydrogen-bond donors (Lipinski definition) is 1. The molecule has 5 heteroatoms. The van der Waals surface area contributed by atoms with Gasteiger partial charge in [0.1, 0.15) is 5.75 Å². The molecule has 4 aromatic rings. The summed E-state index contributed by atoms with van der Waals surface area (Å²) in [6, 6.07) is 32.4. The molecule has 6 rings (SSSR count). The van der Waals surface area contributed by atoms with Crippen molar-refractivity contribution in [3.05, 3.63) is 131 Å². The summed E-state index contributed by atoms with van der Waals surface area (Å²) in [5, 5.41) is 10.3. The Morgan fingerprint density at radius 3 is 1.92 bits per heavy atom. The van der Waals surface area contributed by atoms with Gasteiger partial charge in [0.05, 0.1) is 5.56 Å². The Labute approximate surface area is 227 Å². The van der Waals surface area contributed by atoms with Crippen molar-refractivity contribution in [1.82, 2.24) is 4.90 Å². The van der Waals surface area contributed by atoms with Gasteiger partial charge in [0.15, 0.2) is 0 Å². The number of piperidine rings is 1. The molecule has 2 fully saturated rings. The number of benzene rings is 4. The standard InChI is InChI=1S/C34H30F3NO/c35-34(36,37)29-15-13-25(14-16-29)24-9-11-26(12-10-24)33(27-7-4-8-32(39)21-27)28-19-30-17-18-31(20-28)38(30)22-23-5-2-1-3-6-23/h1-16,21,30-31,39H,17-20,22H2. The number of alkyl halides is 3. The highest BCUT2D eigenvalue weighted by Crippen LogP contribution is 2.44. The molecule has 2 heterocycles. The topological polar surface area (TPSA) is 23.5 Å². The number of phenols is 1. The molecule has 39 heavy (non-hydrogen) atoms. The summed E-state index contributed by atoms with van der Waals surface area (Å²) in [7, 11) is 0. The molecule has 2 saturated heterocycles. The Kier molecular flexibility index (Phi) is 6.78. The van der Waals surface area contributed by atoms with Crippen LogP contribution in [0.5, 0.6) is 5.75 Å². The fourth-order valence-electron chi connectivity index (χ4n) is 6.28. The maximum absolute atomic E-state index is 13.0. The van der Waals surface area contributed by atoms with Crippen molar-refractivity contribution in [3.8, 4) is 16.9 Å². The second-order valence-corrected chi connectivity index (χ2v) is 10.6. The zero-order chi connectivity index (χ0) is 27.0. The minimum Gasteiger partial charge on any atom is -0.508 e. The molecule has 0 spiro atoms. The molecule has 2 atom stereocenters. The molecule has 2 nitrogen and oxygen atoms in total. The maximum Gasteiger partial charge on any atom is 0.416 e. The van der Waals surface area contributed by atoms with Crippen molar-refractivity contribution in [2.75, 3.05) is 0 Å². The van der Waals surface area contributed by atoms with E-state index in [1.807, 2.05) is 30.3 Å². The van der Waals surface area contributed by atoms with Crippen LogP contribution in [0.15, 0.2) is 109 Å². The lowest BCUT2D eigenvalue weighted by molar-refractivity contribution is -0.137. The van der Waals surface area contributed by atoms with E-state index in [1.165, 1.54) is 36.1 Å². The summed E-state index contributed by atoms with van der Waals surface area (Å²) >= 11 is 0. The van der Waals surface area contributed by atoms with E-state index in [1.54, 1.807) is 6.07 Å². The van der Waals surface area contributed by atoms with E-state index in [4.69, 9.17) is 0 Å². The number of fused-ring (bicyclic) bond motifs is 2. The monoisotopic (exact) mass is 525 g/mol. The molecule has 0 radical (unpaired) electrons. The molecule has 2 aliphatic rings. The highest BCUT2D eigenvalue weighted by Gasteiger charge is 2.39. The Morgan fingerprint density at radius 1 is 0.718 bits per heavy atom. The SMILES string of the molecule is Oc1cccc(C(=C2CC3CCC(C2)N3Cc2ccccc2)c2ccc(-c3ccc(C(F)(F)F)cc3)cc2)c1. The summed E-state index contributed by atoms with van der Waals surface area (Å²) in [6.45, 7) is 0.965. The number of halogens is 3. The van der Waals surface area contributed by atoms with E-state index in [9.17, 15) is 18.3 Å². The average Bonchev–Trinajstić information content (AvgIpc) is 3.16. The zero-order valence-corrected chi connectivity index (χ0v) is 21.5. The van der Waals surface area contributed by atoms with Gasteiger partial charge in [0.2, 0.25) is 0 Å². The lowest BCUT2D eigenvalue weighted by Crippen LogP contribution is -2.40. The molecule has 198 valence electrons. The van der Waals surface area contributed by atoms with E-state index in [0.717, 1.165) is 59.3 Å². The van der Waals surface area contributed by atoms with Crippen molar-refractivity contribution in [2.45, 2.75) is 50.5 Å². The summed E-state index contributed by atoms with van der Waals surface area (Å²) in [4.78, 5) is 2.66. The first kappa shape index (κ1) is 25.4. The van der Waals surface area contributed by atoms with Gasteiger partial charge in [0.25, 0.3) is 0 Å². The van der Waals surface area contributed by atoms with Crippen LogP contribution in [0.25, 0.3) is 16.7 Å². The second kappa shape index (κ2) is 10.4. The average molecular weight is 526 g/mol. The molecule has 0 aliphatic carbocycles. The van der Waals surface area contributed by atoms with Crippen LogP contribution in [0.2, 0.25) is 0 Å². The van der Waals surface area contributed by atoms with Gasteiger partial charge in [-0.25, -0.2) is 0 Å². The summed E-state index contributed by atoms with van der Waals surface area (Å²) in [5.41, 5.74) is 6.91. The maximum atomic E-state index is 13.0. The third-order valence-electron chi connectivity index (χ3n) is 8.15. The Morgan fingerprint density at radius 2 is 1.33 bits per heavy atom. The number of hydrogen-bond acceptors (Lipinski definition) is 2. The highest BCUT2D eigenvalue weighted by atomic mass is 19.4. The first-order chi connectivity index (χ1) is 18.8. The van der Waals surface area contributed by atoms with Gasteiger partial charge in [-0.3, -0.25) is 4.90 Å². The number of rotatable bonds is 5. The highest BCUT2D eigenvalue weighted by molar-refractivity contribution is 5.84. The second-order valence-electron chi connectivity index (χ2n) is 10.6. The predicted octanol–water partition coefficient (Wildman–Crippen LogP) is 8.71. The largest absolute Gasteiger partial charge is 0.508 e. The minimum atomic E-state index is -4.35. The van der Waals surface area contributed by atoms with Crippen molar-refractivity contribution >= 4 is 5.57 Å². The van der Waals surface area contributed by atoms with Crippen LogP contribution in [-0.4, -0.2) is 22.1 Å². The van der Waals surface area contributed by atoms with Crippen LogP contribution in [-0.2, 0) is 12.7 Å². The summed E-state index contributed by atoms with van der Waals surface area (Å²) in [6.07, 6.45) is -0.0207. The van der Waals surface area contributed by atoms with Crippen molar-refractivity contribution in [1.29, 1.82) is 0 Å². The molecule has 1 N–H and O–H groups in total. The van der Waals surface area contributed by atoms with Crippen LogP contribution in [0.3, 0.4) is 0 Å². The van der Waals surface area contributed by atoms with E-state index >= 15 is 0 Å². The molecule has 0 aromatic heterocycles. The van der Waals surface area contributed by atoms with Gasteiger partial charge in [-0.1, -0.05) is 84.4 Å². The minimum absolute atomic E-state index is 0.233. The Hall–Kier alpha value is -3.83. The first-order valence-electron chi connectivity index (χ1n) is 13.4. The van der Waals surface area contributed by atoms with E-state index in [0.29, 0.717) is 12.1 Å². The fraction of sp³-hybridized carbons (Fsp3) is 0.235. The molecule has 2 aliphatic heterocycles. The molecular weight excluding hydrogens is 495 g/mol. The Balaban J connectivity index is 1.32. The van der Waals surface area contributed by atoms with Crippen LogP contribution < -0.4 is 0 Å². The third kappa shape index (κ3) is 5.37. The van der Waals surface area contributed by atoms with Crippen LogP contribution in [0.4, 0.5) is 13.2 Å². The number of nitrogens with zero attached hydrogens (tertiary/aromatic N) is 1. The molecule has 0 saturated carbocycles. The smallest absolute Gasteiger partial charge is 0.416 e. The van der Waals surface area contributed by atoms with Crippen molar-refractivity contribution in [3.63, 3.8) is 0 Å². The molecule has 2 unspecified atom stereocenters. The fourth-order valence-corrected chi connectivity index (χ4v) is 6.28. The van der Waals surface area contributed by atoms with E-state index < -0.39 is 11.7 Å². The van der Waals surface area contributed by atoms with Crippen LogP contribution in [0.1, 0.15) is 47.9 Å². The predicted molar refractivity (Wildman–Crippen MR) is 149 cm³/mol. The van der Waals surface area contributed by atoms with Gasteiger partial charge >= 0.3 is 6.18 Å². The molecule has 2 bridgehead atoms. The third-order valence-corrected chi connectivity index (χ3v) is 8.15. The van der Waals surface area contributed by atoms with Gasteiger partial charge in [-0.2, -0.15) is 13.2 Å². The van der Waals surface area contributed by atoms with E-state index in [2.05, 4.69) is 47.4 Å². The lowest BCUT2D eigenvalue weighted by atomic mass is 9.85. The number of aromatic hydroxyl groups is 1. The van der Waals surface area contributed by atoms with Crippen molar-refractivity contribution in [2.24, 2.45) is 0 Å². The van der Waals surface area contributed by atoms with Gasteiger partial charge < -0.3 is 5.11 Å². The normalized spacial score (nSPS) is 19.3. The quantitative estimate of drug-likeness (QED) is 0.282. The first-order valence-corrected chi connectivity index (χ1v) is 13.4. The van der Waals surface area contributed by atoms with Crippen LogP contribution >= 0.6 is 0 Å². The molecular formula is C34H30F3NO. The van der Waals surface area contributed by atoms with Crippen LogP contribution in [0, 0.1) is 0 Å². The molecule has 0 amide bonds. The molecule has 4 aromatic carbocycles. The van der Waals surface area contributed by atoms with Gasteiger partial charge in [-0.15, -0.1) is 0 Å². The van der Waals surface area contributed by atoms with Gasteiger partial charge in [0, 0.05) is 18.6 Å².